The van der Waals surface area contributed by atoms with Gasteiger partial charge in [-0.2, -0.15) is 0 Å². The quantitative estimate of drug-likeness (QED) is 0.292. The van der Waals surface area contributed by atoms with E-state index in [1.165, 1.54) is 0 Å². The maximum atomic E-state index is 13.1. The van der Waals surface area contributed by atoms with Crippen LogP contribution in [0.1, 0.15) is 32.8 Å². The number of ether oxygens (including phenoxy) is 5. The van der Waals surface area contributed by atoms with Gasteiger partial charge in [-0.25, -0.2) is 0 Å². The fourth-order valence-electron chi connectivity index (χ4n) is 4.69. The summed E-state index contributed by atoms with van der Waals surface area (Å²) in [6.07, 6.45) is 4.82. The van der Waals surface area contributed by atoms with Crippen LogP contribution in [-0.2, 0) is 30.2 Å². The van der Waals surface area contributed by atoms with Gasteiger partial charge in [0.25, 0.3) is 5.91 Å². The molecular formula is C28H42N2O7. The third kappa shape index (κ3) is 8.20. The van der Waals surface area contributed by atoms with E-state index in [1.807, 2.05) is 37.4 Å². The Morgan fingerprint density at radius 1 is 1.19 bits per heavy atom. The van der Waals surface area contributed by atoms with Crippen molar-refractivity contribution in [3.63, 3.8) is 0 Å². The molecule has 1 aromatic heterocycles. The number of aromatic amines is 1. The highest BCUT2D eigenvalue weighted by Crippen LogP contribution is 2.36. The van der Waals surface area contributed by atoms with Crippen molar-refractivity contribution in [1.29, 1.82) is 0 Å². The molecule has 1 aromatic carbocycles. The number of fused-ring (bicyclic) bond motifs is 1. The van der Waals surface area contributed by atoms with Crippen LogP contribution in [0.4, 0.5) is 0 Å². The number of H-pyrrole nitrogens is 1. The average molecular weight is 519 g/mol. The molecule has 3 atom stereocenters. The molecule has 2 aromatic rings. The molecule has 0 saturated carbocycles. The van der Waals surface area contributed by atoms with Crippen LogP contribution >= 0.6 is 0 Å². The van der Waals surface area contributed by atoms with Crippen molar-refractivity contribution in [3.8, 4) is 5.75 Å². The number of carbonyl (C=O) groups excluding carboxylic acids is 1. The van der Waals surface area contributed by atoms with E-state index in [-0.39, 0.29) is 24.3 Å². The fraction of sp³-hybridized carbons (Fsp3) is 0.607. The Morgan fingerprint density at radius 2 is 1.97 bits per heavy atom. The monoisotopic (exact) mass is 518 g/mol. The molecule has 3 rings (SSSR count). The Hall–Kier alpha value is -2.59. The first-order chi connectivity index (χ1) is 18.0. The van der Waals surface area contributed by atoms with E-state index >= 15 is 0 Å². The lowest BCUT2D eigenvalue weighted by Gasteiger charge is -2.38. The van der Waals surface area contributed by atoms with Gasteiger partial charge < -0.3 is 39.1 Å². The standard InChI is InChI=1S/C28H42N2O7/c1-5-36-28-22(9-12-34-14-15-35-13-11-31)23(19(2)3)17-26(37-28)27(32)29-10-8-20-18-30-25-7-6-21(33-4)16-24(20)25/h6-7,16-19,22-23,28,30-31H,5,8-15H2,1-4H3,(H,29,32)/t22-,23-,28-/m0/s1. The van der Waals surface area contributed by atoms with Crippen LogP contribution in [0.2, 0.25) is 0 Å². The average Bonchev–Trinajstić information content (AvgIpc) is 3.30. The zero-order valence-electron chi connectivity index (χ0n) is 22.5. The molecule has 0 spiro atoms. The van der Waals surface area contributed by atoms with E-state index < -0.39 is 6.29 Å². The highest BCUT2D eigenvalue weighted by Gasteiger charge is 2.38. The summed E-state index contributed by atoms with van der Waals surface area (Å²) in [4.78, 5) is 16.3. The van der Waals surface area contributed by atoms with Crippen molar-refractivity contribution >= 4 is 16.8 Å². The van der Waals surface area contributed by atoms with Crippen molar-refractivity contribution in [2.24, 2.45) is 17.8 Å². The number of carbonyl (C=O) groups is 1. The number of amides is 1. The molecule has 37 heavy (non-hydrogen) atoms. The Morgan fingerprint density at radius 3 is 2.68 bits per heavy atom. The third-order valence-electron chi connectivity index (χ3n) is 6.61. The molecule has 0 saturated heterocycles. The summed E-state index contributed by atoms with van der Waals surface area (Å²) in [7, 11) is 1.65. The maximum absolute atomic E-state index is 13.1. The minimum Gasteiger partial charge on any atom is -0.497 e. The number of nitrogens with one attached hydrogen (secondary N) is 2. The first-order valence-electron chi connectivity index (χ1n) is 13.2. The van der Waals surface area contributed by atoms with Gasteiger partial charge in [-0.05, 0) is 61.4 Å². The molecule has 0 radical (unpaired) electrons. The zero-order chi connectivity index (χ0) is 26.6. The van der Waals surface area contributed by atoms with Gasteiger partial charge >= 0.3 is 0 Å². The topological polar surface area (TPSA) is 111 Å². The smallest absolute Gasteiger partial charge is 0.286 e. The van der Waals surface area contributed by atoms with Crippen LogP contribution in [0.25, 0.3) is 10.9 Å². The summed E-state index contributed by atoms with van der Waals surface area (Å²) in [6, 6.07) is 5.91. The number of benzene rings is 1. The summed E-state index contributed by atoms with van der Waals surface area (Å²) in [5.41, 5.74) is 2.15. The van der Waals surface area contributed by atoms with Gasteiger partial charge in [0, 0.05) is 42.8 Å². The van der Waals surface area contributed by atoms with Crippen molar-refractivity contribution < 1.29 is 33.6 Å². The molecule has 0 aliphatic carbocycles. The van der Waals surface area contributed by atoms with E-state index in [9.17, 15) is 4.79 Å². The molecule has 1 aliphatic heterocycles. The molecule has 1 amide bonds. The predicted octanol–water partition coefficient (Wildman–Crippen LogP) is 3.42. The predicted molar refractivity (Wildman–Crippen MR) is 141 cm³/mol. The van der Waals surface area contributed by atoms with Gasteiger partial charge in [-0.1, -0.05) is 13.8 Å². The first-order valence-corrected chi connectivity index (χ1v) is 13.2. The van der Waals surface area contributed by atoms with Crippen molar-refractivity contribution in [3.05, 3.63) is 41.8 Å². The minimum absolute atomic E-state index is 0.00597. The second-order valence-electron chi connectivity index (χ2n) is 9.43. The summed E-state index contributed by atoms with van der Waals surface area (Å²) >= 11 is 0. The van der Waals surface area contributed by atoms with Crippen LogP contribution < -0.4 is 10.1 Å². The van der Waals surface area contributed by atoms with Crippen LogP contribution in [-0.4, -0.2) is 75.6 Å². The fourth-order valence-corrected chi connectivity index (χ4v) is 4.69. The van der Waals surface area contributed by atoms with Crippen LogP contribution in [0.5, 0.6) is 5.75 Å². The van der Waals surface area contributed by atoms with Crippen molar-refractivity contribution in [1.82, 2.24) is 10.3 Å². The van der Waals surface area contributed by atoms with E-state index in [2.05, 4.69) is 24.1 Å². The summed E-state index contributed by atoms with van der Waals surface area (Å²) < 4.78 is 28.3. The highest BCUT2D eigenvalue weighted by molar-refractivity contribution is 5.91. The number of aliphatic hydroxyl groups is 1. The van der Waals surface area contributed by atoms with Crippen LogP contribution in [0.3, 0.4) is 0 Å². The second-order valence-corrected chi connectivity index (χ2v) is 9.43. The normalized spacial score (nSPS) is 19.6. The lowest BCUT2D eigenvalue weighted by molar-refractivity contribution is -0.177. The highest BCUT2D eigenvalue weighted by atomic mass is 16.7. The van der Waals surface area contributed by atoms with Gasteiger partial charge in [0.2, 0.25) is 6.29 Å². The molecule has 9 nitrogen and oxygen atoms in total. The Kier molecular flexibility index (Phi) is 11.7. The van der Waals surface area contributed by atoms with Crippen LogP contribution in [0.15, 0.2) is 36.2 Å². The SMILES string of the molecule is CCO[C@H]1OC(C(=O)NCCc2c[nH]c3ccc(OC)cc23)=C[C@@H](C(C)C)[C@@H]1CCOCCOCCO. The van der Waals surface area contributed by atoms with Crippen molar-refractivity contribution in [2.75, 3.05) is 53.3 Å². The summed E-state index contributed by atoms with van der Waals surface area (Å²) in [5, 5.41) is 12.9. The number of aromatic nitrogens is 1. The summed E-state index contributed by atoms with van der Waals surface area (Å²) in [5.74, 6) is 1.36. The lowest BCUT2D eigenvalue weighted by atomic mass is 9.79. The largest absolute Gasteiger partial charge is 0.497 e. The first kappa shape index (κ1) is 29.0. The molecule has 206 valence electrons. The third-order valence-corrected chi connectivity index (χ3v) is 6.61. The molecular weight excluding hydrogens is 476 g/mol. The number of rotatable bonds is 16. The van der Waals surface area contributed by atoms with Crippen molar-refractivity contribution in [2.45, 2.75) is 39.9 Å². The second kappa shape index (κ2) is 15.0. The number of aliphatic hydroxyl groups excluding tert-OH is 1. The van der Waals surface area contributed by atoms with E-state index in [0.29, 0.717) is 57.7 Å². The van der Waals surface area contributed by atoms with Gasteiger partial charge in [-0.3, -0.25) is 4.79 Å². The summed E-state index contributed by atoms with van der Waals surface area (Å²) in [6.45, 7) is 8.94. The lowest BCUT2D eigenvalue weighted by Crippen LogP contribution is -2.41. The zero-order valence-corrected chi connectivity index (χ0v) is 22.5. The van der Waals surface area contributed by atoms with E-state index in [4.69, 9.17) is 28.8 Å². The molecule has 2 heterocycles. The van der Waals surface area contributed by atoms with Gasteiger partial charge in [0.1, 0.15) is 5.75 Å². The number of hydrogen-bond acceptors (Lipinski definition) is 7. The van der Waals surface area contributed by atoms with E-state index in [0.717, 1.165) is 28.6 Å². The molecule has 1 aliphatic rings. The van der Waals surface area contributed by atoms with E-state index in [1.54, 1.807) is 7.11 Å². The Balaban J connectivity index is 1.58. The molecule has 3 N–H and O–H groups in total. The molecule has 9 heteroatoms. The van der Waals surface area contributed by atoms with Gasteiger partial charge in [-0.15, -0.1) is 0 Å². The minimum atomic E-state index is -0.515. The number of hydrogen-bond donors (Lipinski definition) is 3. The van der Waals surface area contributed by atoms with Gasteiger partial charge in [0.15, 0.2) is 5.76 Å². The number of allylic oxidation sites excluding steroid dienone is 1. The molecule has 0 unspecified atom stereocenters. The molecule has 0 fully saturated rings. The number of methoxy groups -OCH3 is 1. The Labute approximate surface area is 219 Å². The molecule has 0 bridgehead atoms. The maximum Gasteiger partial charge on any atom is 0.286 e. The Bertz CT molecular complexity index is 1000. The van der Waals surface area contributed by atoms with Crippen LogP contribution in [0, 0.1) is 17.8 Å². The van der Waals surface area contributed by atoms with Gasteiger partial charge in [0.05, 0.1) is 33.5 Å².